The summed E-state index contributed by atoms with van der Waals surface area (Å²) in [6.07, 6.45) is 2.37. The van der Waals surface area contributed by atoms with Gasteiger partial charge in [-0.05, 0) is 50.7 Å². The maximum absolute atomic E-state index is 13.2. The van der Waals surface area contributed by atoms with Gasteiger partial charge in [0.05, 0.1) is 6.10 Å². The highest BCUT2D eigenvalue weighted by molar-refractivity contribution is 5.93. The van der Waals surface area contributed by atoms with Crippen LogP contribution in [-0.2, 0) is 9.53 Å². The predicted molar refractivity (Wildman–Crippen MR) is 123 cm³/mol. The molecule has 32 heavy (non-hydrogen) atoms. The topological polar surface area (TPSA) is 84.7 Å². The molecule has 1 aliphatic heterocycles. The van der Waals surface area contributed by atoms with E-state index in [1.807, 2.05) is 27.7 Å². The number of nitrogens with one attached hydrogen (secondary N) is 1. The van der Waals surface area contributed by atoms with Gasteiger partial charge in [-0.2, -0.15) is 0 Å². The molecule has 1 atom stereocenters. The maximum atomic E-state index is 13.2. The van der Waals surface area contributed by atoms with Crippen molar-refractivity contribution >= 4 is 11.8 Å². The van der Waals surface area contributed by atoms with Crippen LogP contribution >= 0.6 is 0 Å². The lowest BCUT2D eigenvalue weighted by atomic mass is 9.98. The van der Waals surface area contributed by atoms with E-state index in [9.17, 15) is 9.59 Å². The average molecular weight is 442 g/mol. The van der Waals surface area contributed by atoms with E-state index < -0.39 is 0 Å². The van der Waals surface area contributed by atoms with Crippen molar-refractivity contribution in [3.05, 3.63) is 40.6 Å². The molecule has 2 amide bonds. The van der Waals surface area contributed by atoms with Gasteiger partial charge in [-0.15, -0.1) is 0 Å². The Morgan fingerprint density at radius 3 is 2.53 bits per heavy atom. The van der Waals surface area contributed by atoms with Crippen LogP contribution in [0.3, 0.4) is 0 Å². The van der Waals surface area contributed by atoms with E-state index in [-0.39, 0.29) is 36.0 Å². The minimum atomic E-state index is -0.219. The fourth-order valence-electron chi connectivity index (χ4n) is 4.30. The Morgan fingerprint density at radius 1 is 1.19 bits per heavy atom. The molecule has 2 heterocycles. The molecule has 1 N–H and O–H groups in total. The van der Waals surface area contributed by atoms with Crippen LogP contribution in [0, 0.1) is 26.7 Å². The van der Waals surface area contributed by atoms with E-state index in [0.29, 0.717) is 25.4 Å². The van der Waals surface area contributed by atoms with Gasteiger partial charge >= 0.3 is 0 Å². The van der Waals surface area contributed by atoms with Crippen molar-refractivity contribution in [3.63, 3.8) is 0 Å². The third-order valence-corrected chi connectivity index (χ3v) is 5.69. The Hall–Kier alpha value is -2.67. The van der Waals surface area contributed by atoms with Crippen molar-refractivity contribution in [1.29, 1.82) is 0 Å². The molecule has 0 bridgehead atoms. The van der Waals surface area contributed by atoms with Crippen molar-refractivity contribution in [2.45, 2.75) is 60.0 Å². The Morgan fingerprint density at radius 2 is 1.91 bits per heavy atom. The number of aromatic nitrogens is 1. The smallest absolute Gasteiger partial charge is 0.276 e. The standard InChI is InChI=1S/C25H35N3O4/c1-16(2)15-28(9-8-23(29)26-14-20-7-6-10-31-20)25(30)21-13-22(32-27-21)24-18(4)11-17(3)12-19(24)5/h11-13,16,20H,6-10,14-15H2,1-5H3,(H,26,29)/t20-/m0/s1. The van der Waals surface area contributed by atoms with Gasteiger partial charge in [-0.3, -0.25) is 9.59 Å². The monoisotopic (exact) mass is 441 g/mol. The van der Waals surface area contributed by atoms with Gasteiger partial charge in [0.2, 0.25) is 5.91 Å². The van der Waals surface area contributed by atoms with E-state index in [2.05, 4.69) is 29.5 Å². The van der Waals surface area contributed by atoms with Crippen LogP contribution < -0.4 is 5.32 Å². The summed E-state index contributed by atoms with van der Waals surface area (Å²) in [5.74, 6) is 0.556. The predicted octanol–water partition coefficient (Wildman–Crippen LogP) is 4.05. The van der Waals surface area contributed by atoms with Crippen LogP contribution in [0.15, 0.2) is 22.7 Å². The summed E-state index contributed by atoms with van der Waals surface area (Å²) in [6.45, 7) is 12.4. The SMILES string of the molecule is Cc1cc(C)c(-c2cc(C(=O)N(CCC(=O)NC[C@@H]3CCCO3)CC(C)C)no2)c(C)c1. The minimum Gasteiger partial charge on any atom is -0.376 e. The second kappa shape index (κ2) is 10.8. The second-order valence-electron chi connectivity index (χ2n) is 9.18. The van der Waals surface area contributed by atoms with E-state index in [4.69, 9.17) is 9.26 Å². The first-order chi connectivity index (χ1) is 15.2. The molecule has 1 fully saturated rings. The maximum Gasteiger partial charge on any atom is 0.276 e. The number of aryl methyl sites for hydroxylation is 3. The molecular formula is C25H35N3O4. The van der Waals surface area contributed by atoms with Crippen LogP contribution in [0.5, 0.6) is 0 Å². The zero-order valence-corrected chi connectivity index (χ0v) is 19.9. The van der Waals surface area contributed by atoms with Gasteiger partial charge in [0, 0.05) is 44.3 Å². The summed E-state index contributed by atoms with van der Waals surface area (Å²) >= 11 is 0. The quantitative estimate of drug-likeness (QED) is 0.635. The lowest BCUT2D eigenvalue weighted by molar-refractivity contribution is -0.121. The zero-order chi connectivity index (χ0) is 23.3. The molecule has 0 spiro atoms. The van der Waals surface area contributed by atoms with Crippen molar-refractivity contribution in [2.75, 3.05) is 26.2 Å². The summed E-state index contributed by atoms with van der Waals surface area (Å²) in [5, 5.41) is 6.98. The molecule has 174 valence electrons. The van der Waals surface area contributed by atoms with Gasteiger partial charge < -0.3 is 19.5 Å². The highest BCUT2D eigenvalue weighted by Gasteiger charge is 2.23. The highest BCUT2D eigenvalue weighted by Crippen LogP contribution is 2.29. The average Bonchev–Trinajstić information content (AvgIpc) is 3.40. The molecule has 0 saturated carbocycles. The number of benzene rings is 1. The number of amides is 2. The molecular weight excluding hydrogens is 406 g/mol. The van der Waals surface area contributed by atoms with E-state index >= 15 is 0 Å². The van der Waals surface area contributed by atoms with Crippen molar-refractivity contribution < 1.29 is 18.8 Å². The summed E-state index contributed by atoms with van der Waals surface area (Å²) in [6, 6.07) is 5.89. The Labute approximate surface area is 190 Å². The number of ether oxygens (including phenoxy) is 1. The van der Waals surface area contributed by atoms with Crippen molar-refractivity contribution in [1.82, 2.24) is 15.4 Å². The van der Waals surface area contributed by atoms with E-state index in [1.165, 1.54) is 5.56 Å². The first kappa shape index (κ1) is 24.0. The Bertz CT molecular complexity index is 921. The molecule has 0 unspecified atom stereocenters. The van der Waals surface area contributed by atoms with Crippen LogP contribution in [0.1, 0.15) is 60.3 Å². The second-order valence-corrected chi connectivity index (χ2v) is 9.18. The molecule has 0 aliphatic carbocycles. The molecule has 3 rings (SSSR count). The number of hydrogen-bond donors (Lipinski definition) is 1. The summed E-state index contributed by atoms with van der Waals surface area (Å²) in [4.78, 5) is 27.2. The van der Waals surface area contributed by atoms with Gasteiger partial charge in [0.1, 0.15) is 0 Å². The normalized spacial score (nSPS) is 15.9. The first-order valence-corrected chi connectivity index (χ1v) is 11.5. The fourth-order valence-corrected chi connectivity index (χ4v) is 4.30. The molecule has 2 aromatic rings. The van der Waals surface area contributed by atoms with Crippen LogP contribution in [0.25, 0.3) is 11.3 Å². The largest absolute Gasteiger partial charge is 0.376 e. The number of rotatable bonds is 9. The summed E-state index contributed by atoms with van der Waals surface area (Å²) in [5.41, 5.74) is 4.57. The molecule has 7 heteroatoms. The molecule has 1 aliphatic rings. The van der Waals surface area contributed by atoms with Gasteiger partial charge in [0.25, 0.3) is 5.91 Å². The lowest BCUT2D eigenvalue weighted by Crippen LogP contribution is -2.39. The third kappa shape index (κ3) is 6.19. The number of nitrogens with zero attached hydrogens (tertiary/aromatic N) is 2. The molecule has 0 radical (unpaired) electrons. The van der Waals surface area contributed by atoms with Crippen LogP contribution in [0.2, 0.25) is 0 Å². The highest BCUT2D eigenvalue weighted by atomic mass is 16.5. The molecule has 7 nitrogen and oxygen atoms in total. The summed E-state index contributed by atoms with van der Waals surface area (Å²) < 4.78 is 11.1. The lowest BCUT2D eigenvalue weighted by Gasteiger charge is -2.23. The Kier molecular flexibility index (Phi) is 8.07. The van der Waals surface area contributed by atoms with E-state index in [1.54, 1.807) is 11.0 Å². The Balaban J connectivity index is 1.66. The third-order valence-electron chi connectivity index (χ3n) is 5.69. The first-order valence-electron chi connectivity index (χ1n) is 11.5. The van der Waals surface area contributed by atoms with Crippen LogP contribution in [0.4, 0.5) is 0 Å². The number of hydrogen-bond acceptors (Lipinski definition) is 5. The van der Waals surface area contributed by atoms with Crippen molar-refractivity contribution in [3.8, 4) is 11.3 Å². The van der Waals surface area contributed by atoms with Crippen molar-refractivity contribution in [2.24, 2.45) is 5.92 Å². The number of carbonyl (C=O) groups is 2. The molecule has 1 aromatic heterocycles. The van der Waals surface area contributed by atoms with Crippen LogP contribution in [-0.4, -0.2) is 54.2 Å². The number of carbonyl (C=O) groups excluding carboxylic acids is 2. The fraction of sp³-hybridized carbons (Fsp3) is 0.560. The van der Waals surface area contributed by atoms with Gasteiger partial charge in [0.15, 0.2) is 11.5 Å². The van der Waals surface area contributed by atoms with Gasteiger partial charge in [-0.25, -0.2) is 0 Å². The zero-order valence-electron chi connectivity index (χ0n) is 19.9. The molecule has 1 saturated heterocycles. The van der Waals surface area contributed by atoms with Gasteiger partial charge in [-0.1, -0.05) is 36.7 Å². The van der Waals surface area contributed by atoms with E-state index in [0.717, 1.165) is 36.1 Å². The summed E-state index contributed by atoms with van der Waals surface area (Å²) in [7, 11) is 0. The molecule has 1 aromatic carbocycles. The minimum absolute atomic E-state index is 0.0752.